The van der Waals surface area contributed by atoms with Crippen molar-refractivity contribution in [2.75, 3.05) is 7.11 Å². The minimum atomic E-state index is 0.837. The maximum absolute atomic E-state index is 5.34. The van der Waals surface area contributed by atoms with Crippen LogP contribution in [0.4, 0.5) is 0 Å². The van der Waals surface area contributed by atoms with Crippen LogP contribution in [0.3, 0.4) is 0 Å². The quantitative estimate of drug-likeness (QED) is 0.513. The minimum Gasteiger partial charge on any atom is -0.497 e. The molecule has 0 fully saturated rings. The number of aromatic amines is 1. The van der Waals surface area contributed by atoms with Gasteiger partial charge in [0.1, 0.15) is 10.8 Å². The lowest BCUT2D eigenvalue weighted by Crippen LogP contribution is -1.83. The van der Waals surface area contributed by atoms with Crippen molar-refractivity contribution in [3.8, 4) is 27.6 Å². The lowest BCUT2D eigenvalue weighted by atomic mass is 10.2. The number of nitrogens with zero attached hydrogens (tertiary/aromatic N) is 3. The SMILES string of the molecule is COc1ccc2[nH]cc(-c3nn4cc(-c5ccsc5)nc4s3)c2c1. The lowest BCUT2D eigenvalue weighted by molar-refractivity contribution is 0.415. The van der Waals surface area contributed by atoms with E-state index in [0.29, 0.717) is 0 Å². The highest BCUT2D eigenvalue weighted by Crippen LogP contribution is 2.34. The Kier molecular flexibility index (Phi) is 2.97. The number of benzene rings is 1. The topological polar surface area (TPSA) is 55.2 Å². The molecule has 5 nitrogen and oxygen atoms in total. The molecule has 0 atom stereocenters. The van der Waals surface area contributed by atoms with Crippen molar-refractivity contribution >= 4 is 38.5 Å². The van der Waals surface area contributed by atoms with Crippen molar-refractivity contribution in [3.63, 3.8) is 0 Å². The Morgan fingerprint density at radius 1 is 1.25 bits per heavy atom. The summed E-state index contributed by atoms with van der Waals surface area (Å²) in [6.07, 6.45) is 3.97. The van der Waals surface area contributed by atoms with Crippen LogP contribution >= 0.6 is 22.7 Å². The Balaban J connectivity index is 1.63. The van der Waals surface area contributed by atoms with E-state index in [1.54, 1.807) is 29.8 Å². The van der Waals surface area contributed by atoms with Crippen molar-refractivity contribution in [1.29, 1.82) is 0 Å². The zero-order valence-corrected chi connectivity index (χ0v) is 14.3. The molecule has 5 rings (SSSR count). The van der Waals surface area contributed by atoms with Gasteiger partial charge in [0.2, 0.25) is 4.96 Å². The van der Waals surface area contributed by atoms with Crippen LogP contribution in [0.15, 0.2) is 47.4 Å². The number of aromatic nitrogens is 4. The maximum Gasteiger partial charge on any atom is 0.213 e. The Labute approximate surface area is 145 Å². The summed E-state index contributed by atoms with van der Waals surface area (Å²) in [6.45, 7) is 0. The first kappa shape index (κ1) is 13.8. The second kappa shape index (κ2) is 5.19. The van der Waals surface area contributed by atoms with Gasteiger partial charge in [0, 0.05) is 33.6 Å². The molecule has 1 aromatic carbocycles. The van der Waals surface area contributed by atoms with Crippen molar-refractivity contribution in [1.82, 2.24) is 19.6 Å². The third kappa shape index (κ3) is 2.05. The first-order valence-electron chi connectivity index (χ1n) is 7.36. The monoisotopic (exact) mass is 352 g/mol. The molecule has 24 heavy (non-hydrogen) atoms. The molecule has 7 heteroatoms. The fraction of sp³-hybridized carbons (Fsp3) is 0.0588. The largest absolute Gasteiger partial charge is 0.497 e. The number of rotatable bonds is 3. The lowest BCUT2D eigenvalue weighted by Gasteiger charge is -1.99. The van der Waals surface area contributed by atoms with Gasteiger partial charge in [-0.3, -0.25) is 0 Å². The molecular formula is C17H12N4OS2. The van der Waals surface area contributed by atoms with E-state index in [4.69, 9.17) is 14.8 Å². The second-order valence-electron chi connectivity index (χ2n) is 5.39. The summed E-state index contributed by atoms with van der Waals surface area (Å²) in [6, 6.07) is 8.07. The van der Waals surface area contributed by atoms with Gasteiger partial charge < -0.3 is 9.72 Å². The summed E-state index contributed by atoms with van der Waals surface area (Å²) < 4.78 is 7.19. The van der Waals surface area contributed by atoms with E-state index in [2.05, 4.69) is 21.8 Å². The standard InChI is InChI=1S/C17H12N4OS2/c1-22-11-2-3-14-12(6-11)13(7-18-14)16-20-21-8-15(19-17(21)24-16)10-4-5-23-9-10/h2-9,18H,1H3. The molecule has 0 amide bonds. The molecule has 0 bridgehead atoms. The van der Waals surface area contributed by atoms with E-state index >= 15 is 0 Å². The third-order valence-electron chi connectivity index (χ3n) is 3.98. The van der Waals surface area contributed by atoms with Crippen LogP contribution in [0.2, 0.25) is 0 Å². The predicted octanol–water partition coefficient (Wildman–Crippen LogP) is 4.68. The molecule has 0 unspecified atom stereocenters. The van der Waals surface area contributed by atoms with Crippen LogP contribution in [0.5, 0.6) is 5.75 Å². The van der Waals surface area contributed by atoms with E-state index in [9.17, 15) is 0 Å². The number of methoxy groups -OCH3 is 1. The average molecular weight is 352 g/mol. The van der Waals surface area contributed by atoms with Gasteiger partial charge in [0.05, 0.1) is 19.0 Å². The summed E-state index contributed by atoms with van der Waals surface area (Å²) in [5.41, 5.74) is 4.23. The maximum atomic E-state index is 5.34. The Hall–Kier alpha value is -2.64. The van der Waals surface area contributed by atoms with Crippen molar-refractivity contribution in [2.24, 2.45) is 0 Å². The molecule has 118 valence electrons. The Morgan fingerprint density at radius 2 is 2.21 bits per heavy atom. The molecule has 4 aromatic heterocycles. The molecule has 0 saturated carbocycles. The van der Waals surface area contributed by atoms with Crippen molar-refractivity contribution in [2.45, 2.75) is 0 Å². The fourth-order valence-corrected chi connectivity index (χ4v) is 4.32. The molecule has 5 aromatic rings. The Bertz CT molecular complexity index is 1120. The molecule has 0 aliphatic heterocycles. The number of thiophene rings is 1. The molecule has 0 spiro atoms. The van der Waals surface area contributed by atoms with Crippen molar-refractivity contribution < 1.29 is 4.74 Å². The van der Waals surface area contributed by atoms with Gasteiger partial charge in [-0.15, -0.1) is 0 Å². The molecule has 0 radical (unpaired) electrons. The summed E-state index contributed by atoms with van der Waals surface area (Å²) >= 11 is 3.26. The molecule has 0 saturated heterocycles. The zero-order chi connectivity index (χ0) is 16.1. The Morgan fingerprint density at radius 3 is 3.00 bits per heavy atom. The van der Waals surface area contributed by atoms with E-state index in [1.165, 1.54) is 0 Å². The van der Waals surface area contributed by atoms with Crippen LogP contribution < -0.4 is 4.74 Å². The van der Waals surface area contributed by atoms with Gasteiger partial charge in [-0.05, 0) is 29.6 Å². The van der Waals surface area contributed by atoms with Gasteiger partial charge in [0.15, 0.2) is 0 Å². The van der Waals surface area contributed by atoms with Crippen LogP contribution in [0.1, 0.15) is 0 Å². The van der Waals surface area contributed by atoms with Gasteiger partial charge in [-0.2, -0.15) is 16.4 Å². The summed E-state index contributed by atoms with van der Waals surface area (Å²) in [4.78, 5) is 8.87. The van der Waals surface area contributed by atoms with Crippen LogP contribution in [0, 0.1) is 0 Å². The number of fused-ring (bicyclic) bond motifs is 2. The number of hydrogen-bond acceptors (Lipinski definition) is 5. The minimum absolute atomic E-state index is 0.837. The molecule has 0 aliphatic rings. The van der Waals surface area contributed by atoms with Crippen LogP contribution in [-0.2, 0) is 0 Å². The molecule has 1 N–H and O–H groups in total. The van der Waals surface area contributed by atoms with Crippen molar-refractivity contribution in [3.05, 3.63) is 47.4 Å². The number of H-pyrrole nitrogens is 1. The highest BCUT2D eigenvalue weighted by molar-refractivity contribution is 7.20. The van der Waals surface area contributed by atoms with Crippen LogP contribution in [0.25, 0.3) is 37.7 Å². The smallest absolute Gasteiger partial charge is 0.213 e. The average Bonchev–Trinajstić information content (AvgIpc) is 3.34. The van der Waals surface area contributed by atoms with Gasteiger partial charge in [-0.25, -0.2) is 9.50 Å². The molecule has 0 aliphatic carbocycles. The third-order valence-corrected chi connectivity index (χ3v) is 5.62. The second-order valence-corrected chi connectivity index (χ2v) is 7.12. The number of nitrogens with one attached hydrogen (secondary N) is 1. The number of imidazole rings is 1. The predicted molar refractivity (Wildman–Crippen MR) is 98.0 cm³/mol. The first-order valence-corrected chi connectivity index (χ1v) is 9.12. The van der Waals surface area contributed by atoms with Gasteiger partial charge in [-0.1, -0.05) is 11.3 Å². The van der Waals surface area contributed by atoms with Crippen LogP contribution in [-0.4, -0.2) is 26.7 Å². The van der Waals surface area contributed by atoms with Gasteiger partial charge >= 0.3 is 0 Å². The number of hydrogen-bond donors (Lipinski definition) is 1. The van der Waals surface area contributed by atoms with Gasteiger partial charge in [0.25, 0.3) is 0 Å². The van der Waals surface area contributed by atoms with E-state index in [-0.39, 0.29) is 0 Å². The fourth-order valence-electron chi connectivity index (χ4n) is 2.76. The molecular weight excluding hydrogens is 340 g/mol. The normalized spacial score (nSPS) is 11.5. The zero-order valence-electron chi connectivity index (χ0n) is 12.7. The van der Waals surface area contributed by atoms with E-state index < -0.39 is 0 Å². The van der Waals surface area contributed by atoms with E-state index in [1.807, 2.05) is 35.1 Å². The first-order chi connectivity index (χ1) is 11.8. The molecule has 4 heterocycles. The highest BCUT2D eigenvalue weighted by Gasteiger charge is 2.14. The summed E-state index contributed by atoms with van der Waals surface area (Å²) in [7, 11) is 1.68. The summed E-state index contributed by atoms with van der Waals surface area (Å²) in [5, 5.41) is 10.9. The summed E-state index contributed by atoms with van der Waals surface area (Å²) in [5.74, 6) is 0.837. The number of ether oxygens (including phenoxy) is 1. The van der Waals surface area contributed by atoms with E-state index in [0.717, 1.165) is 43.4 Å². The highest BCUT2D eigenvalue weighted by atomic mass is 32.1.